The van der Waals surface area contributed by atoms with E-state index in [2.05, 4.69) is 32.8 Å². The van der Waals surface area contributed by atoms with E-state index in [-0.39, 0.29) is 23.9 Å². The summed E-state index contributed by atoms with van der Waals surface area (Å²) in [6.45, 7) is 5.85. The zero-order valence-electron chi connectivity index (χ0n) is 18.0. The van der Waals surface area contributed by atoms with Gasteiger partial charge in [0.1, 0.15) is 0 Å². The lowest BCUT2D eigenvalue weighted by Gasteiger charge is -2.50. The molecule has 5 nitrogen and oxygen atoms in total. The molecule has 2 aliphatic carbocycles. The van der Waals surface area contributed by atoms with Crippen LogP contribution in [0.1, 0.15) is 64.0 Å². The average Bonchev–Trinajstić information content (AvgIpc) is 2.90. The van der Waals surface area contributed by atoms with Crippen molar-refractivity contribution in [1.82, 2.24) is 4.72 Å². The lowest BCUT2D eigenvalue weighted by atomic mass is 9.60. The molecule has 1 aromatic rings. The van der Waals surface area contributed by atoms with E-state index in [9.17, 15) is 9.00 Å². The third-order valence-electron chi connectivity index (χ3n) is 6.65. The summed E-state index contributed by atoms with van der Waals surface area (Å²) in [6, 6.07) is 6.26. The Morgan fingerprint density at radius 3 is 2.48 bits per heavy atom. The van der Waals surface area contributed by atoms with Crippen LogP contribution in [0.5, 0.6) is 0 Å². The second kappa shape index (κ2) is 8.40. The zero-order valence-corrected chi connectivity index (χ0v) is 20.4. The van der Waals surface area contributed by atoms with Crippen LogP contribution in [0.15, 0.2) is 22.7 Å². The molecule has 0 aliphatic heterocycles. The van der Waals surface area contributed by atoms with Gasteiger partial charge in [0, 0.05) is 11.6 Å². The van der Waals surface area contributed by atoms with Gasteiger partial charge in [-0.1, -0.05) is 22.0 Å². The van der Waals surface area contributed by atoms with Gasteiger partial charge in [-0.05, 0) is 81.5 Å². The molecule has 1 N–H and O–H groups in total. The fourth-order valence-corrected chi connectivity index (χ4v) is 6.35. The summed E-state index contributed by atoms with van der Waals surface area (Å²) in [6.07, 6.45) is 4.92. The lowest BCUT2D eigenvalue weighted by molar-refractivity contribution is -0.144. The van der Waals surface area contributed by atoms with E-state index in [4.69, 9.17) is 9.47 Å². The Morgan fingerprint density at radius 1 is 1.28 bits per heavy atom. The number of halogens is 1. The zero-order chi connectivity index (χ0) is 21.4. The highest BCUT2D eigenvalue weighted by Gasteiger charge is 2.60. The Hall–Kier alpha value is -0.760. The molecule has 2 atom stereocenters. The molecule has 1 aromatic carbocycles. The molecule has 1 spiro atoms. The Morgan fingerprint density at radius 2 is 1.93 bits per heavy atom. The van der Waals surface area contributed by atoms with Crippen molar-refractivity contribution < 1.29 is 18.5 Å². The maximum atomic E-state index is 13.3. The molecule has 2 aliphatic rings. The highest BCUT2D eigenvalue weighted by atomic mass is 79.9. The predicted molar refractivity (Wildman–Crippen MR) is 119 cm³/mol. The van der Waals surface area contributed by atoms with Crippen molar-refractivity contribution in [2.45, 2.75) is 75.7 Å². The van der Waals surface area contributed by atoms with Crippen molar-refractivity contribution in [2.24, 2.45) is 5.41 Å². The average molecular weight is 486 g/mol. The molecule has 1 saturated carbocycles. The first-order chi connectivity index (χ1) is 13.6. The highest BCUT2D eigenvalue weighted by molar-refractivity contribution is 9.10. The Bertz CT molecular complexity index is 798. The van der Waals surface area contributed by atoms with E-state index in [1.807, 2.05) is 26.8 Å². The fraction of sp³-hybridized carbons (Fsp3) is 0.682. The molecule has 0 bridgehead atoms. The summed E-state index contributed by atoms with van der Waals surface area (Å²) in [5.41, 5.74) is 1.33. The van der Waals surface area contributed by atoms with Gasteiger partial charge in [-0.15, -0.1) is 0 Å². The first-order valence-electron chi connectivity index (χ1n) is 10.2. The van der Waals surface area contributed by atoms with Gasteiger partial charge in [0.2, 0.25) is 0 Å². The van der Waals surface area contributed by atoms with Crippen LogP contribution in [0.25, 0.3) is 0 Å². The standard InChI is InChI=1S/C22H32BrNO4S/c1-20(2,3)29(26)24-22(14-19(25)28-5)18-12-16(23)7-6-15(18)13-21(22)10-8-17(27-4)9-11-21/h6-7,12,17,24H,8-11,13-14H2,1-5H3. The first-order valence-corrected chi connectivity index (χ1v) is 12.1. The summed E-state index contributed by atoms with van der Waals surface area (Å²) in [5.74, 6) is -0.288. The SMILES string of the molecule is COC(=O)CC1(NS(=O)C(C)(C)C)c2cc(Br)ccc2CC12CCC(OC)CC2. The molecule has 29 heavy (non-hydrogen) atoms. The first kappa shape index (κ1) is 22.9. The number of hydrogen-bond acceptors (Lipinski definition) is 4. The number of esters is 1. The summed E-state index contributed by atoms with van der Waals surface area (Å²) in [5, 5.41) is 0. The van der Waals surface area contributed by atoms with Crippen LogP contribution in [0.2, 0.25) is 0 Å². The third kappa shape index (κ3) is 4.21. The number of ether oxygens (including phenoxy) is 2. The molecule has 0 aromatic heterocycles. The van der Waals surface area contributed by atoms with Gasteiger partial charge in [0.15, 0.2) is 0 Å². The number of benzene rings is 1. The van der Waals surface area contributed by atoms with Crippen LogP contribution < -0.4 is 4.72 Å². The highest BCUT2D eigenvalue weighted by Crippen LogP contribution is 2.60. The second-order valence-electron chi connectivity index (χ2n) is 9.34. The lowest BCUT2D eigenvalue weighted by Crippen LogP contribution is -2.58. The Kier molecular flexibility index (Phi) is 6.64. The van der Waals surface area contributed by atoms with E-state index in [1.54, 1.807) is 7.11 Å². The van der Waals surface area contributed by atoms with Crippen molar-refractivity contribution in [1.29, 1.82) is 0 Å². The quantitative estimate of drug-likeness (QED) is 0.627. The fourth-order valence-electron chi connectivity index (χ4n) is 4.97. The number of rotatable bonds is 5. The number of carbonyl (C=O) groups excluding carboxylic acids is 1. The summed E-state index contributed by atoms with van der Waals surface area (Å²) >= 11 is 3.60. The number of methoxy groups -OCH3 is 2. The Balaban J connectivity index is 2.16. The molecule has 1 fully saturated rings. The molecular formula is C22H32BrNO4S. The Labute approximate surface area is 185 Å². The summed E-state index contributed by atoms with van der Waals surface area (Å²) < 4.78 is 28.1. The van der Waals surface area contributed by atoms with E-state index in [0.717, 1.165) is 42.1 Å². The molecule has 3 rings (SSSR count). The van der Waals surface area contributed by atoms with Gasteiger partial charge in [-0.2, -0.15) is 0 Å². The van der Waals surface area contributed by atoms with E-state index >= 15 is 0 Å². The number of nitrogens with one attached hydrogen (secondary N) is 1. The maximum Gasteiger partial charge on any atom is 0.307 e. The second-order valence-corrected chi connectivity index (χ2v) is 12.2. The number of carbonyl (C=O) groups is 1. The smallest absolute Gasteiger partial charge is 0.307 e. The topological polar surface area (TPSA) is 64.6 Å². The third-order valence-corrected chi connectivity index (χ3v) is 8.79. The van der Waals surface area contributed by atoms with E-state index in [1.165, 1.54) is 12.7 Å². The molecule has 2 unspecified atom stereocenters. The van der Waals surface area contributed by atoms with Gasteiger partial charge < -0.3 is 9.47 Å². The number of fused-ring (bicyclic) bond motifs is 1. The van der Waals surface area contributed by atoms with Crippen LogP contribution in [-0.4, -0.2) is 35.2 Å². The van der Waals surface area contributed by atoms with Gasteiger partial charge >= 0.3 is 5.97 Å². The molecule has 0 heterocycles. The minimum absolute atomic E-state index is 0.159. The van der Waals surface area contributed by atoms with Crippen molar-refractivity contribution >= 4 is 32.9 Å². The normalized spacial score (nSPS) is 30.2. The largest absolute Gasteiger partial charge is 0.469 e. The van der Waals surface area contributed by atoms with Gasteiger partial charge in [-0.3, -0.25) is 4.79 Å². The van der Waals surface area contributed by atoms with E-state index < -0.39 is 21.3 Å². The predicted octanol–water partition coefficient (Wildman–Crippen LogP) is 4.39. The maximum absolute atomic E-state index is 13.3. The summed E-state index contributed by atoms with van der Waals surface area (Å²) in [4.78, 5) is 12.6. The van der Waals surface area contributed by atoms with Crippen molar-refractivity contribution in [3.05, 3.63) is 33.8 Å². The molecule has 7 heteroatoms. The van der Waals surface area contributed by atoms with Crippen LogP contribution in [0.4, 0.5) is 0 Å². The van der Waals surface area contributed by atoms with Crippen LogP contribution in [0.3, 0.4) is 0 Å². The number of hydrogen-bond donors (Lipinski definition) is 1. The van der Waals surface area contributed by atoms with Gasteiger partial charge in [-0.25, -0.2) is 8.93 Å². The molecule has 0 radical (unpaired) electrons. The molecular weight excluding hydrogens is 454 g/mol. The van der Waals surface area contributed by atoms with Crippen LogP contribution >= 0.6 is 15.9 Å². The van der Waals surface area contributed by atoms with Crippen LogP contribution in [0, 0.1) is 5.41 Å². The van der Waals surface area contributed by atoms with Crippen molar-refractivity contribution in [2.75, 3.05) is 14.2 Å². The van der Waals surface area contributed by atoms with Crippen molar-refractivity contribution in [3.8, 4) is 0 Å². The van der Waals surface area contributed by atoms with Crippen LogP contribution in [-0.2, 0) is 37.2 Å². The minimum atomic E-state index is -1.34. The van der Waals surface area contributed by atoms with E-state index in [0.29, 0.717) is 0 Å². The molecule has 162 valence electrons. The molecule has 0 amide bonds. The van der Waals surface area contributed by atoms with Gasteiger partial charge in [0.05, 0.1) is 40.9 Å². The summed E-state index contributed by atoms with van der Waals surface area (Å²) in [7, 11) is 1.84. The monoisotopic (exact) mass is 485 g/mol. The van der Waals surface area contributed by atoms with Crippen molar-refractivity contribution in [3.63, 3.8) is 0 Å². The molecule has 0 saturated heterocycles. The van der Waals surface area contributed by atoms with Gasteiger partial charge in [0.25, 0.3) is 0 Å². The minimum Gasteiger partial charge on any atom is -0.469 e.